The van der Waals surface area contributed by atoms with E-state index in [2.05, 4.69) is 46.4 Å². The first-order chi connectivity index (χ1) is 6.55. The Morgan fingerprint density at radius 2 is 2.07 bits per heavy atom. The summed E-state index contributed by atoms with van der Waals surface area (Å²) in [5.41, 5.74) is 0.651. The van der Waals surface area contributed by atoms with E-state index in [0.29, 0.717) is 10.2 Å². The van der Waals surface area contributed by atoms with Crippen LogP contribution in [-0.2, 0) is 0 Å². The van der Waals surface area contributed by atoms with Gasteiger partial charge in [-0.1, -0.05) is 15.9 Å². The SMILES string of the molecule is CC1(C)CN(CC2(CBr)CC2)CCS1. The van der Waals surface area contributed by atoms with Crippen LogP contribution < -0.4 is 0 Å². The minimum absolute atomic E-state index is 0.473. The first-order valence-electron chi connectivity index (χ1n) is 5.48. The fourth-order valence-corrected chi connectivity index (χ4v) is 4.15. The molecule has 0 atom stereocenters. The van der Waals surface area contributed by atoms with Crippen molar-refractivity contribution in [1.82, 2.24) is 4.90 Å². The lowest BCUT2D eigenvalue weighted by Crippen LogP contribution is -2.45. The van der Waals surface area contributed by atoms with Gasteiger partial charge in [-0.2, -0.15) is 11.8 Å². The molecule has 2 rings (SSSR count). The lowest BCUT2D eigenvalue weighted by molar-refractivity contribution is 0.221. The van der Waals surface area contributed by atoms with Crippen LogP contribution in [0, 0.1) is 5.41 Å². The fourth-order valence-electron chi connectivity index (χ4n) is 2.23. The summed E-state index contributed by atoms with van der Waals surface area (Å²) < 4.78 is 0.473. The highest BCUT2D eigenvalue weighted by Crippen LogP contribution is 2.48. The highest BCUT2D eigenvalue weighted by Gasteiger charge is 2.43. The molecule has 1 saturated carbocycles. The Hall–Kier alpha value is 0.790. The summed E-state index contributed by atoms with van der Waals surface area (Å²) in [6.45, 7) is 8.63. The summed E-state index contributed by atoms with van der Waals surface area (Å²) in [4.78, 5) is 2.67. The van der Waals surface area contributed by atoms with Gasteiger partial charge in [0.15, 0.2) is 0 Å². The van der Waals surface area contributed by atoms with Gasteiger partial charge >= 0.3 is 0 Å². The van der Waals surface area contributed by atoms with Gasteiger partial charge in [0.05, 0.1) is 0 Å². The van der Waals surface area contributed by atoms with Crippen molar-refractivity contribution in [2.24, 2.45) is 5.41 Å². The molecule has 0 amide bonds. The second-order valence-corrected chi connectivity index (χ2v) is 7.82. The quantitative estimate of drug-likeness (QED) is 0.730. The molecule has 2 aliphatic rings. The minimum atomic E-state index is 0.473. The normalized spacial score (nSPS) is 30.2. The third-order valence-corrected chi connectivity index (χ3v) is 5.79. The monoisotopic (exact) mass is 277 g/mol. The van der Waals surface area contributed by atoms with Crippen LogP contribution in [0.5, 0.6) is 0 Å². The lowest BCUT2D eigenvalue weighted by atomic mass is 10.1. The van der Waals surface area contributed by atoms with Crippen LogP contribution in [0.2, 0.25) is 0 Å². The molecule has 0 N–H and O–H groups in total. The van der Waals surface area contributed by atoms with E-state index in [-0.39, 0.29) is 0 Å². The van der Waals surface area contributed by atoms with Crippen LogP contribution in [0.1, 0.15) is 26.7 Å². The second kappa shape index (κ2) is 3.99. The standard InChI is InChI=1S/C11H20BrNS/c1-10(2)8-13(5-6-14-10)9-11(7-12)3-4-11/h3-9H2,1-2H3. The Balaban J connectivity index is 1.86. The molecule has 0 aromatic heterocycles. The fraction of sp³-hybridized carbons (Fsp3) is 1.00. The number of rotatable bonds is 3. The largest absolute Gasteiger partial charge is 0.301 e. The molecular weight excluding hydrogens is 258 g/mol. The number of thioether (sulfide) groups is 1. The first kappa shape index (κ1) is 11.3. The van der Waals surface area contributed by atoms with E-state index in [1.54, 1.807) is 0 Å². The van der Waals surface area contributed by atoms with E-state index in [0.717, 1.165) is 0 Å². The zero-order valence-electron chi connectivity index (χ0n) is 9.18. The van der Waals surface area contributed by atoms with Gasteiger partial charge in [0.1, 0.15) is 0 Å². The zero-order chi connectivity index (χ0) is 10.2. The average Bonchev–Trinajstić information content (AvgIpc) is 2.84. The molecule has 1 aliphatic carbocycles. The number of nitrogens with zero attached hydrogens (tertiary/aromatic N) is 1. The first-order valence-corrected chi connectivity index (χ1v) is 7.58. The van der Waals surface area contributed by atoms with Gasteiger partial charge in [-0.15, -0.1) is 0 Å². The molecule has 0 unspecified atom stereocenters. The van der Waals surface area contributed by atoms with Crippen molar-refractivity contribution in [3.05, 3.63) is 0 Å². The van der Waals surface area contributed by atoms with Gasteiger partial charge in [0.2, 0.25) is 0 Å². The molecule has 0 aromatic rings. The predicted molar refractivity (Wildman–Crippen MR) is 68.4 cm³/mol. The van der Waals surface area contributed by atoms with Crippen molar-refractivity contribution in [3.8, 4) is 0 Å². The van der Waals surface area contributed by atoms with Crippen molar-refractivity contribution in [2.45, 2.75) is 31.4 Å². The van der Waals surface area contributed by atoms with Crippen molar-refractivity contribution in [2.75, 3.05) is 30.7 Å². The van der Waals surface area contributed by atoms with Crippen LogP contribution in [-0.4, -0.2) is 40.4 Å². The molecule has 82 valence electrons. The van der Waals surface area contributed by atoms with E-state index in [9.17, 15) is 0 Å². The lowest BCUT2D eigenvalue weighted by Gasteiger charge is -2.39. The van der Waals surface area contributed by atoms with Gasteiger partial charge in [0, 0.05) is 35.5 Å². The van der Waals surface area contributed by atoms with Gasteiger partial charge in [0.25, 0.3) is 0 Å². The summed E-state index contributed by atoms with van der Waals surface area (Å²) in [6, 6.07) is 0. The minimum Gasteiger partial charge on any atom is -0.301 e. The third-order valence-electron chi connectivity index (χ3n) is 3.30. The second-order valence-electron chi connectivity index (χ2n) is 5.45. The summed E-state index contributed by atoms with van der Waals surface area (Å²) in [6.07, 6.45) is 2.87. The molecule has 0 aromatic carbocycles. The maximum Gasteiger partial charge on any atom is 0.0231 e. The summed E-state index contributed by atoms with van der Waals surface area (Å²) >= 11 is 5.78. The molecule has 14 heavy (non-hydrogen) atoms. The zero-order valence-corrected chi connectivity index (χ0v) is 11.6. The van der Waals surface area contributed by atoms with E-state index in [1.165, 1.54) is 43.6 Å². The number of alkyl halides is 1. The van der Waals surface area contributed by atoms with Crippen LogP contribution in [0.4, 0.5) is 0 Å². The van der Waals surface area contributed by atoms with Gasteiger partial charge in [-0.3, -0.25) is 0 Å². The topological polar surface area (TPSA) is 3.24 Å². The molecule has 0 spiro atoms. The van der Waals surface area contributed by atoms with Crippen molar-refractivity contribution < 1.29 is 0 Å². The van der Waals surface area contributed by atoms with Gasteiger partial charge in [-0.05, 0) is 32.1 Å². The van der Waals surface area contributed by atoms with E-state index in [1.807, 2.05) is 0 Å². The molecule has 1 nitrogen and oxygen atoms in total. The van der Waals surface area contributed by atoms with Crippen LogP contribution in [0.15, 0.2) is 0 Å². The number of hydrogen-bond acceptors (Lipinski definition) is 2. The molecule has 1 aliphatic heterocycles. The Labute approximate surface area is 100 Å². The maximum atomic E-state index is 3.66. The van der Waals surface area contributed by atoms with E-state index >= 15 is 0 Å². The smallest absolute Gasteiger partial charge is 0.0231 e. The molecule has 2 fully saturated rings. The van der Waals surface area contributed by atoms with E-state index in [4.69, 9.17) is 0 Å². The molecule has 1 heterocycles. The van der Waals surface area contributed by atoms with Gasteiger partial charge in [-0.25, -0.2) is 0 Å². The van der Waals surface area contributed by atoms with Gasteiger partial charge < -0.3 is 4.90 Å². The van der Waals surface area contributed by atoms with Crippen molar-refractivity contribution in [3.63, 3.8) is 0 Å². The Morgan fingerprint density at radius 1 is 1.36 bits per heavy atom. The average molecular weight is 278 g/mol. The number of halogens is 1. The summed E-state index contributed by atoms with van der Waals surface area (Å²) in [7, 11) is 0. The Morgan fingerprint density at radius 3 is 2.57 bits per heavy atom. The van der Waals surface area contributed by atoms with Crippen LogP contribution in [0.25, 0.3) is 0 Å². The molecular formula is C11H20BrNS. The molecule has 0 radical (unpaired) electrons. The van der Waals surface area contributed by atoms with Crippen LogP contribution >= 0.6 is 27.7 Å². The van der Waals surface area contributed by atoms with E-state index < -0.39 is 0 Å². The Kier molecular flexibility index (Phi) is 3.21. The third kappa shape index (κ3) is 2.67. The number of hydrogen-bond donors (Lipinski definition) is 0. The predicted octanol–water partition coefficient (Wildman–Crippen LogP) is 2.99. The highest BCUT2D eigenvalue weighted by molar-refractivity contribution is 9.09. The summed E-state index contributed by atoms with van der Waals surface area (Å²) in [5, 5.41) is 1.20. The highest BCUT2D eigenvalue weighted by atomic mass is 79.9. The summed E-state index contributed by atoms with van der Waals surface area (Å²) in [5.74, 6) is 1.31. The Bertz CT molecular complexity index is 213. The maximum absolute atomic E-state index is 3.66. The molecule has 0 bridgehead atoms. The van der Waals surface area contributed by atoms with Crippen molar-refractivity contribution >= 4 is 27.7 Å². The van der Waals surface area contributed by atoms with Crippen molar-refractivity contribution in [1.29, 1.82) is 0 Å². The molecule has 1 saturated heterocycles. The van der Waals surface area contributed by atoms with Crippen LogP contribution in [0.3, 0.4) is 0 Å². The molecule has 3 heteroatoms.